The first-order valence-electron chi connectivity index (χ1n) is 9.73. The van der Waals surface area contributed by atoms with E-state index in [1.54, 1.807) is 0 Å². The van der Waals surface area contributed by atoms with Crippen LogP contribution < -0.4 is 24.8 Å². The number of nitrogens with one attached hydrogen (secondary N) is 2. The largest absolute Gasteiger partial charge is 0.493 e. The van der Waals surface area contributed by atoms with E-state index >= 15 is 0 Å². The number of ether oxygens (including phenoxy) is 4. The molecular formula is C20H26N2O7. The Kier molecular flexibility index (Phi) is 6.79. The standard InChI is InChI=1S/C20H26N2O7/c1-12-5-3-4-6-14(12)21-20(25)22-17(23)11-29-19(24)13-9-15(26-2)18-16(10-13)27-7-8-28-18/h9-10,12,14H,3-8,11H2,1-2H3,(H2,21,22,23,25)/t12-,14+/m1/s1. The Bertz CT molecular complexity index is 763. The van der Waals surface area contributed by atoms with E-state index in [9.17, 15) is 14.4 Å². The lowest BCUT2D eigenvalue weighted by Crippen LogP contribution is -2.48. The summed E-state index contributed by atoms with van der Waals surface area (Å²) in [6.45, 7) is 2.24. The zero-order chi connectivity index (χ0) is 20.8. The second-order valence-corrected chi connectivity index (χ2v) is 7.17. The fourth-order valence-electron chi connectivity index (χ4n) is 3.50. The molecule has 1 aromatic carbocycles. The number of hydrogen-bond acceptors (Lipinski definition) is 7. The zero-order valence-electron chi connectivity index (χ0n) is 16.6. The molecule has 0 radical (unpaired) electrons. The van der Waals surface area contributed by atoms with Gasteiger partial charge in [-0.05, 0) is 30.9 Å². The number of esters is 1. The molecule has 1 heterocycles. The first-order chi connectivity index (χ1) is 14.0. The molecule has 0 saturated heterocycles. The van der Waals surface area contributed by atoms with Gasteiger partial charge in [-0.1, -0.05) is 19.8 Å². The summed E-state index contributed by atoms with van der Waals surface area (Å²) >= 11 is 0. The highest BCUT2D eigenvalue weighted by atomic mass is 16.6. The summed E-state index contributed by atoms with van der Waals surface area (Å²) in [6.07, 6.45) is 4.15. The Morgan fingerprint density at radius 2 is 1.90 bits per heavy atom. The van der Waals surface area contributed by atoms with E-state index in [0.29, 0.717) is 36.4 Å². The van der Waals surface area contributed by atoms with Crippen molar-refractivity contribution in [2.75, 3.05) is 26.9 Å². The van der Waals surface area contributed by atoms with Crippen LogP contribution in [0.4, 0.5) is 4.79 Å². The highest BCUT2D eigenvalue weighted by Gasteiger charge is 2.24. The number of amides is 3. The van der Waals surface area contributed by atoms with Gasteiger partial charge in [0, 0.05) is 6.04 Å². The lowest BCUT2D eigenvalue weighted by Gasteiger charge is -2.29. The number of methoxy groups -OCH3 is 1. The molecule has 1 aliphatic carbocycles. The number of imide groups is 1. The molecule has 1 aliphatic heterocycles. The van der Waals surface area contributed by atoms with Gasteiger partial charge in [0.15, 0.2) is 18.1 Å². The van der Waals surface area contributed by atoms with Gasteiger partial charge in [-0.3, -0.25) is 10.1 Å². The van der Waals surface area contributed by atoms with E-state index in [4.69, 9.17) is 18.9 Å². The maximum absolute atomic E-state index is 12.3. The van der Waals surface area contributed by atoms with Gasteiger partial charge in [0.1, 0.15) is 13.2 Å². The van der Waals surface area contributed by atoms with Crippen LogP contribution in [0.1, 0.15) is 43.0 Å². The fraction of sp³-hybridized carbons (Fsp3) is 0.550. The minimum Gasteiger partial charge on any atom is -0.493 e. The molecule has 1 fully saturated rings. The summed E-state index contributed by atoms with van der Waals surface area (Å²) in [5.41, 5.74) is 0.152. The lowest BCUT2D eigenvalue weighted by atomic mass is 9.86. The Morgan fingerprint density at radius 1 is 1.14 bits per heavy atom. The van der Waals surface area contributed by atoms with E-state index in [2.05, 4.69) is 17.6 Å². The summed E-state index contributed by atoms with van der Waals surface area (Å²) in [6, 6.07) is 2.38. The SMILES string of the molecule is COc1cc(C(=O)OCC(=O)NC(=O)N[C@H]2CCCC[C@H]2C)cc2c1OCCO2. The second kappa shape index (κ2) is 9.49. The third-order valence-electron chi connectivity index (χ3n) is 5.08. The smallest absolute Gasteiger partial charge is 0.338 e. The molecule has 0 spiro atoms. The molecule has 158 valence electrons. The van der Waals surface area contributed by atoms with Crippen molar-refractivity contribution in [2.24, 2.45) is 5.92 Å². The van der Waals surface area contributed by atoms with Crippen molar-refractivity contribution in [3.63, 3.8) is 0 Å². The topological polar surface area (TPSA) is 112 Å². The van der Waals surface area contributed by atoms with Crippen LogP contribution in [0.25, 0.3) is 0 Å². The van der Waals surface area contributed by atoms with Crippen LogP contribution in [-0.4, -0.2) is 50.9 Å². The fourth-order valence-corrected chi connectivity index (χ4v) is 3.50. The molecule has 1 aromatic rings. The van der Waals surface area contributed by atoms with Crippen LogP contribution in [-0.2, 0) is 9.53 Å². The van der Waals surface area contributed by atoms with Crippen LogP contribution in [0, 0.1) is 5.92 Å². The van der Waals surface area contributed by atoms with E-state index < -0.39 is 24.5 Å². The van der Waals surface area contributed by atoms with E-state index in [1.165, 1.54) is 19.2 Å². The normalized spacial score (nSPS) is 20.3. The highest BCUT2D eigenvalue weighted by molar-refractivity contribution is 5.97. The number of carbonyl (C=O) groups is 3. The molecule has 2 N–H and O–H groups in total. The second-order valence-electron chi connectivity index (χ2n) is 7.17. The van der Waals surface area contributed by atoms with E-state index in [1.807, 2.05) is 0 Å². The summed E-state index contributed by atoms with van der Waals surface area (Å²) < 4.78 is 21.2. The van der Waals surface area contributed by atoms with Crippen LogP contribution in [0.3, 0.4) is 0 Å². The van der Waals surface area contributed by atoms with Gasteiger partial charge < -0.3 is 24.3 Å². The van der Waals surface area contributed by atoms with Gasteiger partial charge in [-0.25, -0.2) is 9.59 Å². The van der Waals surface area contributed by atoms with Crippen molar-refractivity contribution in [3.8, 4) is 17.2 Å². The van der Waals surface area contributed by atoms with Gasteiger partial charge in [0.2, 0.25) is 5.75 Å². The van der Waals surface area contributed by atoms with Crippen LogP contribution in [0.5, 0.6) is 17.2 Å². The first-order valence-corrected chi connectivity index (χ1v) is 9.73. The Balaban J connectivity index is 1.51. The molecule has 0 unspecified atom stereocenters. The number of carbonyl (C=O) groups excluding carboxylic acids is 3. The van der Waals surface area contributed by atoms with Crippen LogP contribution in [0.15, 0.2) is 12.1 Å². The zero-order valence-corrected chi connectivity index (χ0v) is 16.6. The number of benzene rings is 1. The van der Waals surface area contributed by atoms with Crippen molar-refractivity contribution >= 4 is 17.9 Å². The van der Waals surface area contributed by atoms with E-state index in [0.717, 1.165) is 25.7 Å². The predicted octanol–water partition coefficient (Wildman–Crippen LogP) is 2.03. The molecular weight excluding hydrogens is 380 g/mol. The average Bonchev–Trinajstić information content (AvgIpc) is 2.72. The van der Waals surface area contributed by atoms with Crippen molar-refractivity contribution in [1.29, 1.82) is 0 Å². The maximum Gasteiger partial charge on any atom is 0.338 e. The van der Waals surface area contributed by atoms with Crippen molar-refractivity contribution in [1.82, 2.24) is 10.6 Å². The maximum atomic E-state index is 12.3. The third-order valence-corrected chi connectivity index (χ3v) is 5.08. The lowest BCUT2D eigenvalue weighted by molar-refractivity contribution is -0.123. The molecule has 0 aromatic heterocycles. The highest BCUT2D eigenvalue weighted by Crippen LogP contribution is 2.40. The van der Waals surface area contributed by atoms with Gasteiger partial charge in [-0.15, -0.1) is 0 Å². The van der Waals surface area contributed by atoms with Crippen molar-refractivity contribution in [3.05, 3.63) is 17.7 Å². The van der Waals surface area contributed by atoms with Gasteiger partial charge in [-0.2, -0.15) is 0 Å². The minimum atomic E-state index is -0.739. The van der Waals surface area contributed by atoms with Gasteiger partial charge in [0.25, 0.3) is 5.91 Å². The van der Waals surface area contributed by atoms with Gasteiger partial charge in [0.05, 0.1) is 12.7 Å². The number of rotatable bonds is 5. The number of urea groups is 1. The van der Waals surface area contributed by atoms with E-state index in [-0.39, 0.29) is 11.6 Å². The third kappa shape index (κ3) is 5.30. The molecule has 2 atom stereocenters. The molecule has 9 heteroatoms. The van der Waals surface area contributed by atoms with Gasteiger partial charge >= 0.3 is 12.0 Å². The average molecular weight is 406 g/mol. The Morgan fingerprint density at radius 3 is 2.66 bits per heavy atom. The monoisotopic (exact) mass is 406 g/mol. The van der Waals surface area contributed by atoms with Crippen molar-refractivity contribution in [2.45, 2.75) is 38.6 Å². The molecule has 1 saturated carbocycles. The minimum absolute atomic E-state index is 0.0456. The summed E-state index contributed by atoms with van der Waals surface area (Å²) in [7, 11) is 1.45. The first kappa shape index (κ1) is 20.8. The molecule has 2 aliphatic rings. The summed E-state index contributed by atoms with van der Waals surface area (Å²) in [4.78, 5) is 36.2. The summed E-state index contributed by atoms with van der Waals surface area (Å²) in [5.74, 6) is 0.0439. The molecule has 3 rings (SSSR count). The molecule has 0 bridgehead atoms. The number of hydrogen-bond donors (Lipinski definition) is 2. The predicted molar refractivity (Wildman–Crippen MR) is 102 cm³/mol. The van der Waals surface area contributed by atoms with Crippen LogP contribution in [0.2, 0.25) is 0 Å². The quantitative estimate of drug-likeness (QED) is 0.720. The Hall–Kier alpha value is -2.97. The number of fused-ring (bicyclic) bond motifs is 1. The van der Waals surface area contributed by atoms with Crippen molar-refractivity contribution < 1.29 is 33.3 Å². The molecule has 9 nitrogen and oxygen atoms in total. The van der Waals surface area contributed by atoms with Crippen LogP contribution >= 0.6 is 0 Å². The Labute approximate surface area is 169 Å². The summed E-state index contributed by atoms with van der Waals surface area (Å²) in [5, 5.41) is 5.00. The molecule has 29 heavy (non-hydrogen) atoms. The molecule has 3 amide bonds.